The van der Waals surface area contributed by atoms with Gasteiger partial charge in [-0.1, -0.05) is 32.4 Å². The highest BCUT2D eigenvalue weighted by atomic mass is 32.2. The van der Waals surface area contributed by atoms with E-state index in [1.807, 2.05) is 26.0 Å². The first-order chi connectivity index (χ1) is 14.4. The van der Waals surface area contributed by atoms with E-state index in [4.69, 9.17) is 4.74 Å². The lowest BCUT2D eigenvalue weighted by Gasteiger charge is -2.40. The van der Waals surface area contributed by atoms with Crippen LogP contribution in [0.4, 0.5) is 0 Å². The Balaban J connectivity index is 0.00000155. The Kier molecular flexibility index (Phi) is 10.1. The van der Waals surface area contributed by atoms with E-state index in [9.17, 15) is 9.00 Å². The Morgan fingerprint density at radius 1 is 1.20 bits per heavy atom. The Morgan fingerprint density at radius 3 is 2.40 bits per heavy atom. The molecule has 1 aromatic carbocycles. The molecule has 2 heterocycles. The van der Waals surface area contributed by atoms with Crippen molar-refractivity contribution < 1.29 is 13.7 Å². The molecule has 1 spiro atoms. The molecule has 30 heavy (non-hydrogen) atoms. The maximum absolute atomic E-state index is 13.6. The minimum atomic E-state index is -1.30. The minimum Gasteiger partial charge on any atom is -0.358 e. The molecule has 3 rings (SSSR count). The van der Waals surface area contributed by atoms with Crippen LogP contribution in [0.5, 0.6) is 0 Å². The van der Waals surface area contributed by atoms with E-state index in [0.717, 1.165) is 56.6 Å². The number of nitrogens with one attached hydrogen (secondary N) is 1. The van der Waals surface area contributed by atoms with Crippen molar-refractivity contribution in [3.63, 3.8) is 0 Å². The van der Waals surface area contributed by atoms with Gasteiger partial charge in [0.05, 0.1) is 11.5 Å². The summed E-state index contributed by atoms with van der Waals surface area (Å²) in [5, 5.41) is 3.39. The summed E-state index contributed by atoms with van der Waals surface area (Å²) < 4.78 is 22.0. The molecule has 1 N–H and O–H groups in total. The summed E-state index contributed by atoms with van der Waals surface area (Å²) in [6, 6.07) is 7.35. The number of hydrogen-bond acceptors (Lipinski definition) is 5. The SMILES string of the molecule is CC.CC(=O)c1ccc(S(=O)N2C(CCCCN(C)C)COC23CCNCC3)cc1. The van der Waals surface area contributed by atoms with Crippen molar-refractivity contribution in [1.82, 2.24) is 14.5 Å². The van der Waals surface area contributed by atoms with Crippen molar-refractivity contribution in [2.24, 2.45) is 0 Å². The van der Waals surface area contributed by atoms with Crippen LogP contribution in [0.25, 0.3) is 0 Å². The number of ketones is 1. The van der Waals surface area contributed by atoms with Gasteiger partial charge in [-0.2, -0.15) is 4.31 Å². The predicted molar refractivity (Wildman–Crippen MR) is 123 cm³/mol. The maximum Gasteiger partial charge on any atom is 0.159 e. The van der Waals surface area contributed by atoms with E-state index in [0.29, 0.717) is 12.2 Å². The standard InChI is InChI=1S/C21H33N3O3S.C2H6/c1-17(25)18-7-9-20(10-8-18)28(26)24-19(6-4-5-15-23(2)3)16-27-21(24)11-13-22-14-12-21;1-2/h7-10,19,22H,4-6,11-16H2,1-3H3;1-2H3. The van der Waals surface area contributed by atoms with E-state index in [1.54, 1.807) is 19.1 Å². The number of Topliss-reactive ketones (excluding diaryl/α,β-unsaturated/α-hetero) is 1. The van der Waals surface area contributed by atoms with Crippen molar-refractivity contribution in [3.05, 3.63) is 29.8 Å². The van der Waals surface area contributed by atoms with Gasteiger partial charge in [0.2, 0.25) is 0 Å². The molecule has 2 fully saturated rings. The molecule has 7 heteroatoms. The first-order valence-corrected chi connectivity index (χ1v) is 12.4. The van der Waals surface area contributed by atoms with E-state index in [-0.39, 0.29) is 11.8 Å². The fourth-order valence-electron chi connectivity index (χ4n) is 4.11. The van der Waals surface area contributed by atoms with Gasteiger partial charge in [0, 0.05) is 24.4 Å². The summed E-state index contributed by atoms with van der Waals surface area (Å²) in [6.45, 7) is 9.01. The second-order valence-electron chi connectivity index (χ2n) is 8.12. The van der Waals surface area contributed by atoms with Gasteiger partial charge in [-0.3, -0.25) is 4.79 Å². The third-order valence-corrected chi connectivity index (χ3v) is 7.36. The van der Waals surface area contributed by atoms with Gasteiger partial charge in [-0.05, 0) is 65.6 Å². The normalized spacial score (nSPS) is 22.0. The van der Waals surface area contributed by atoms with Crippen LogP contribution in [0, 0.1) is 0 Å². The molecule has 6 nitrogen and oxygen atoms in total. The zero-order valence-corrected chi connectivity index (χ0v) is 20.1. The summed E-state index contributed by atoms with van der Waals surface area (Å²) in [7, 11) is 2.88. The van der Waals surface area contributed by atoms with Crippen molar-refractivity contribution in [1.29, 1.82) is 0 Å². The number of nitrogens with zero attached hydrogens (tertiary/aromatic N) is 2. The third-order valence-electron chi connectivity index (χ3n) is 5.70. The summed E-state index contributed by atoms with van der Waals surface area (Å²) in [4.78, 5) is 14.5. The smallest absolute Gasteiger partial charge is 0.159 e. The highest BCUT2D eigenvalue weighted by Gasteiger charge is 2.50. The van der Waals surface area contributed by atoms with E-state index < -0.39 is 16.7 Å². The molecule has 0 saturated carbocycles. The van der Waals surface area contributed by atoms with Crippen molar-refractivity contribution in [2.45, 2.75) is 69.5 Å². The molecule has 2 saturated heterocycles. The Labute approximate surface area is 184 Å². The molecule has 0 aliphatic carbocycles. The van der Waals surface area contributed by atoms with Gasteiger partial charge in [0.15, 0.2) is 5.78 Å². The molecule has 2 unspecified atom stereocenters. The second kappa shape index (κ2) is 12.1. The van der Waals surface area contributed by atoms with Gasteiger partial charge >= 0.3 is 0 Å². The van der Waals surface area contributed by atoms with Gasteiger partial charge < -0.3 is 15.0 Å². The van der Waals surface area contributed by atoms with Crippen LogP contribution in [-0.4, -0.2) is 71.3 Å². The number of rotatable bonds is 8. The molecule has 0 radical (unpaired) electrons. The number of hydrogen-bond donors (Lipinski definition) is 1. The number of ether oxygens (including phenoxy) is 1. The van der Waals surface area contributed by atoms with Gasteiger partial charge in [0.1, 0.15) is 16.7 Å². The first kappa shape index (κ1) is 25.1. The molecule has 2 aliphatic heterocycles. The van der Waals surface area contributed by atoms with Gasteiger partial charge in [0.25, 0.3) is 0 Å². The fourth-order valence-corrected chi connectivity index (χ4v) is 5.68. The molecular formula is C23H39N3O3S. The molecule has 0 bridgehead atoms. The molecule has 1 aromatic rings. The first-order valence-electron chi connectivity index (χ1n) is 11.2. The third kappa shape index (κ3) is 6.20. The Hall–Kier alpha value is -1.12. The second-order valence-corrected chi connectivity index (χ2v) is 9.48. The van der Waals surface area contributed by atoms with Crippen LogP contribution >= 0.6 is 0 Å². The highest BCUT2D eigenvalue weighted by molar-refractivity contribution is 7.82. The predicted octanol–water partition coefficient (Wildman–Crippen LogP) is 3.45. The molecule has 0 aromatic heterocycles. The molecule has 2 aliphatic rings. The largest absolute Gasteiger partial charge is 0.358 e. The summed E-state index contributed by atoms with van der Waals surface area (Å²) in [5.41, 5.74) is 0.205. The van der Waals surface area contributed by atoms with Gasteiger partial charge in [-0.25, -0.2) is 4.21 Å². The topological polar surface area (TPSA) is 61.9 Å². The number of piperidine rings is 1. The summed E-state index contributed by atoms with van der Waals surface area (Å²) >= 11 is 0. The lowest BCUT2D eigenvalue weighted by molar-refractivity contribution is -0.0699. The fraction of sp³-hybridized carbons (Fsp3) is 0.696. The van der Waals surface area contributed by atoms with Crippen LogP contribution in [0.3, 0.4) is 0 Å². The van der Waals surface area contributed by atoms with Crippen LogP contribution in [-0.2, 0) is 15.7 Å². The van der Waals surface area contributed by atoms with Crippen molar-refractivity contribution >= 4 is 16.8 Å². The Bertz CT molecular complexity index is 687. The lowest BCUT2D eigenvalue weighted by Crippen LogP contribution is -2.54. The van der Waals surface area contributed by atoms with Crippen LogP contribution in [0.1, 0.15) is 63.2 Å². The molecule has 170 valence electrons. The van der Waals surface area contributed by atoms with Crippen molar-refractivity contribution in [3.8, 4) is 0 Å². The molecule has 0 amide bonds. The van der Waals surface area contributed by atoms with Crippen LogP contribution in [0.15, 0.2) is 29.2 Å². The molecular weight excluding hydrogens is 398 g/mol. The average Bonchev–Trinajstić information content (AvgIpc) is 3.09. The highest BCUT2D eigenvalue weighted by Crippen LogP contribution is 2.39. The minimum absolute atomic E-state index is 0.0235. The van der Waals surface area contributed by atoms with E-state index in [1.165, 1.54) is 0 Å². The monoisotopic (exact) mass is 437 g/mol. The molecule has 2 atom stereocenters. The average molecular weight is 438 g/mol. The van der Waals surface area contributed by atoms with Crippen LogP contribution < -0.4 is 5.32 Å². The van der Waals surface area contributed by atoms with E-state index in [2.05, 4.69) is 28.6 Å². The quantitative estimate of drug-likeness (QED) is 0.499. The summed E-state index contributed by atoms with van der Waals surface area (Å²) in [6.07, 6.45) is 4.90. The zero-order chi connectivity index (χ0) is 22.1. The lowest BCUT2D eigenvalue weighted by atomic mass is 10.0. The number of carbonyl (C=O) groups excluding carboxylic acids is 1. The van der Waals surface area contributed by atoms with E-state index >= 15 is 0 Å². The Morgan fingerprint density at radius 2 is 1.83 bits per heavy atom. The zero-order valence-electron chi connectivity index (χ0n) is 19.3. The number of carbonyl (C=O) groups is 1. The van der Waals surface area contributed by atoms with Gasteiger partial charge in [-0.15, -0.1) is 0 Å². The van der Waals surface area contributed by atoms with Crippen LogP contribution in [0.2, 0.25) is 0 Å². The van der Waals surface area contributed by atoms with Crippen molar-refractivity contribution in [2.75, 3.05) is 40.3 Å². The maximum atomic E-state index is 13.6. The summed E-state index contributed by atoms with van der Waals surface area (Å²) in [5.74, 6) is 0.0235. The number of benzene rings is 1. The number of unbranched alkanes of at least 4 members (excludes halogenated alkanes) is 1.